The molecule has 0 aliphatic heterocycles. The van der Waals surface area contributed by atoms with Crippen LogP contribution >= 0.6 is 11.8 Å². The summed E-state index contributed by atoms with van der Waals surface area (Å²) in [5, 5.41) is 16.2. The summed E-state index contributed by atoms with van der Waals surface area (Å²) in [6.45, 7) is 5.47. The van der Waals surface area contributed by atoms with E-state index in [9.17, 15) is 19.7 Å². The Labute approximate surface area is 190 Å². The highest BCUT2D eigenvalue weighted by Crippen LogP contribution is 2.27. The Hall–Kier alpha value is -3.65. The number of aryl methyl sites for hydroxylation is 2. The lowest BCUT2D eigenvalue weighted by Gasteiger charge is -2.14. The van der Waals surface area contributed by atoms with Crippen LogP contribution in [-0.2, 0) is 4.79 Å². The van der Waals surface area contributed by atoms with E-state index < -0.39 is 10.2 Å². The first kappa shape index (κ1) is 23.0. The first-order chi connectivity index (χ1) is 15.2. The summed E-state index contributed by atoms with van der Waals surface area (Å²) in [7, 11) is 0. The monoisotopic (exact) mass is 449 g/mol. The second-order valence-electron chi connectivity index (χ2n) is 7.35. The van der Waals surface area contributed by atoms with E-state index in [2.05, 4.69) is 10.6 Å². The summed E-state index contributed by atoms with van der Waals surface area (Å²) >= 11 is 1.35. The van der Waals surface area contributed by atoms with Gasteiger partial charge in [0, 0.05) is 28.3 Å². The normalized spacial score (nSPS) is 11.5. The van der Waals surface area contributed by atoms with Gasteiger partial charge in [0.1, 0.15) is 0 Å². The maximum atomic E-state index is 12.6. The van der Waals surface area contributed by atoms with Crippen molar-refractivity contribution in [2.24, 2.45) is 0 Å². The number of nitro groups is 1. The fourth-order valence-corrected chi connectivity index (χ4v) is 3.82. The van der Waals surface area contributed by atoms with Gasteiger partial charge in [0.15, 0.2) is 0 Å². The highest BCUT2D eigenvalue weighted by molar-refractivity contribution is 8.00. The fraction of sp³-hybridized carbons (Fsp3) is 0.167. The van der Waals surface area contributed by atoms with Gasteiger partial charge >= 0.3 is 0 Å². The van der Waals surface area contributed by atoms with E-state index >= 15 is 0 Å². The van der Waals surface area contributed by atoms with E-state index in [4.69, 9.17) is 0 Å². The lowest BCUT2D eigenvalue weighted by atomic mass is 10.1. The molecular weight excluding hydrogens is 426 g/mol. The molecule has 3 aromatic carbocycles. The van der Waals surface area contributed by atoms with Gasteiger partial charge in [-0.2, -0.15) is 0 Å². The third-order valence-electron chi connectivity index (χ3n) is 4.76. The molecular formula is C24H23N3O4S. The Morgan fingerprint density at radius 3 is 2.34 bits per heavy atom. The average molecular weight is 450 g/mol. The first-order valence-corrected chi connectivity index (χ1v) is 10.8. The Morgan fingerprint density at radius 2 is 1.69 bits per heavy atom. The van der Waals surface area contributed by atoms with Crippen molar-refractivity contribution in [1.29, 1.82) is 0 Å². The molecule has 0 heterocycles. The molecule has 7 nitrogen and oxygen atoms in total. The molecule has 3 rings (SSSR count). The summed E-state index contributed by atoms with van der Waals surface area (Å²) in [6, 6.07) is 19.0. The first-order valence-electron chi connectivity index (χ1n) is 9.93. The van der Waals surface area contributed by atoms with Gasteiger partial charge in [-0.15, -0.1) is 11.8 Å². The molecule has 164 valence electrons. The van der Waals surface area contributed by atoms with Crippen molar-refractivity contribution >= 4 is 40.6 Å². The van der Waals surface area contributed by atoms with Gasteiger partial charge in [0.25, 0.3) is 11.6 Å². The number of nitrogens with zero attached hydrogens (tertiary/aromatic N) is 1. The number of amides is 2. The van der Waals surface area contributed by atoms with Crippen LogP contribution in [0.3, 0.4) is 0 Å². The summed E-state index contributed by atoms with van der Waals surface area (Å²) in [6.07, 6.45) is 0. The van der Waals surface area contributed by atoms with Crippen molar-refractivity contribution in [1.82, 2.24) is 0 Å². The third-order valence-corrected chi connectivity index (χ3v) is 5.88. The van der Waals surface area contributed by atoms with Crippen LogP contribution in [0.5, 0.6) is 0 Å². The van der Waals surface area contributed by atoms with Crippen LogP contribution in [0.1, 0.15) is 28.4 Å². The number of rotatable bonds is 7. The number of benzene rings is 3. The minimum Gasteiger partial charge on any atom is -0.325 e. The van der Waals surface area contributed by atoms with Gasteiger partial charge in [0.2, 0.25) is 5.91 Å². The number of hydrogen-bond donors (Lipinski definition) is 2. The number of thioether (sulfide) groups is 1. The molecule has 0 radical (unpaired) electrons. The van der Waals surface area contributed by atoms with E-state index in [0.717, 1.165) is 16.0 Å². The molecule has 0 fully saturated rings. The summed E-state index contributed by atoms with van der Waals surface area (Å²) in [5.41, 5.74) is 3.35. The molecule has 1 atom stereocenters. The second-order valence-corrected chi connectivity index (χ2v) is 8.77. The molecule has 0 aromatic heterocycles. The van der Waals surface area contributed by atoms with Crippen molar-refractivity contribution in [2.75, 3.05) is 10.6 Å². The Bertz CT molecular complexity index is 1160. The average Bonchev–Trinajstić information content (AvgIpc) is 2.76. The van der Waals surface area contributed by atoms with Crippen LogP contribution in [0.25, 0.3) is 0 Å². The van der Waals surface area contributed by atoms with E-state index in [1.165, 1.54) is 23.9 Å². The van der Waals surface area contributed by atoms with Crippen LogP contribution in [0.2, 0.25) is 0 Å². The van der Waals surface area contributed by atoms with Crippen LogP contribution in [0.15, 0.2) is 71.6 Å². The predicted molar refractivity (Wildman–Crippen MR) is 127 cm³/mol. The van der Waals surface area contributed by atoms with Crippen LogP contribution in [0, 0.1) is 24.0 Å². The lowest BCUT2D eigenvalue weighted by Crippen LogP contribution is -2.22. The van der Waals surface area contributed by atoms with Gasteiger partial charge in [-0.3, -0.25) is 19.7 Å². The number of nitro benzene ring substituents is 1. The molecule has 2 amide bonds. The van der Waals surface area contributed by atoms with Gasteiger partial charge < -0.3 is 10.6 Å². The summed E-state index contributed by atoms with van der Waals surface area (Å²) in [5.74, 6) is -0.440. The Kier molecular flexibility index (Phi) is 7.27. The number of nitrogens with one attached hydrogen (secondary N) is 2. The molecule has 0 aliphatic carbocycles. The van der Waals surface area contributed by atoms with Crippen molar-refractivity contribution in [2.45, 2.75) is 30.9 Å². The van der Waals surface area contributed by atoms with Gasteiger partial charge in [-0.05, 0) is 62.7 Å². The second kappa shape index (κ2) is 10.1. The maximum Gasteiger partial charge on any atom is 0.271 e. The lowest BCUT2D eigenvalue weighted by molar-refractivity contribution is -0.384. The highest BCUT2D eigenvalue weighted by Gasteiger charge is 2.17. The van der Waals surface area contributed by atoms with E-state index in [-0.39, 0.29) is 17.5 Å². The van der Waals surface area contributed by atoms with Gasteiger partial charge in [-0.25, -0.2) is 0 Å². The zero-order valence-electron chi connectivity index (χ0n) is 17.9. The number of anilines is 2. The fourth-order valence-electron chi connectivity index (χ4n) is 2.96. The SMILES string of the molecule is Cc1cccc(C(=O)Nc2ccc(SC(C)C(=O)Nc3cc([N+](=O)[O-])ccc3C)cc2)c1. The number of non-ortho nitro benzene ring substituents is 1. The van der Waals surface area contributed by atoms with Gasteiger partial charge in [-0.1, -0.05) is 23.8 Å². The maximum absolute atomic E-state index is 12.6. The molecule has 32 heavy (non-hydrogen) atoms. The number of carbonyl (C=O) groups is 2. The van der Waals surface area contributed by atoms with Gasteiger partial charge in [0.05, 0.1) is 15.9 Å². The molecule has 2 N–H and O–H groups in total. The van der Waals surface area contributed by atoms with E-state index in [0.29, 0.717) is 16.9 Å². The quantitative estimate of drug-likeness (QED) is 0.278. The smallest absolute Gasteiger partial charge is 0.271 e. The minimum absolute atomic E-state index is 0.0745. The molecule has 8 heteroatoms. The topological polar surface area (TPSA) is 101 Å². The highest BCUT2D eigenvalue weighted by atomic mass is 32.2. The molecule has 0 aliphatic rings. The Morgan fingerprint density at radius 1 is 0.969 bits per heavy atom. The number of hydrogen-bond acceptors (Lipinski definition) is 5. The van der Waals surface area contributed by atoms with Crippen molar-refractivity contribution in [3.8, 4) is 0 Å². The van der Waals surface area contributed by atoms with E-state index in [1.54, 1.807) is 38.1 Å². The zero-order chi connectivity index (χ0) is 23.3. The minimum atomic E-state index is -0.493. The van der Waals surface area contributed by atoms with Crippen molar-refractivity contribution in [3.05, 3.63) is 93.5 Å². The zero-order valence-corrected chi connectivity index (χ0v) is 18.7. The van der Waals surface area contributed by atoms with Crippen LogP contribution < -0.4 is 10.6 Å². The van der Waals surface area contributed by atoms with E-state index in [1.807, 2.05) is 37.3 Å². The van der Waals surface area contributed by atoms with Crippen molar-refractivity contribution < 1.29 is 14.5 Å². The molecule has 3 aromatic rings. The molecule has 1 unspecified atom stereocenters. The predicted octanol–water partition coefficient (Wildman–Crippen LogP) is 5.58. The summed E-state index contributed by atoms with van der Waals surface area (Å²) in [4.78, 5) is 36.3. The van der Waals surface area contributed by atoms with Crippen LogP contribution in [-0.4, -0.2) is 22.0 Å². The molecule has 0 spiro atoms. The molecule has 0 bridgehead atoms. The standard InChI is InChI=1S/C24H23N3O4S/c1-15-5-4-6-18(13-15)24(29)25-19-8-11-21(12-9-19)32-17(3)23(28)26-22-14-20(27(30)31)10-7-16(22)2/h4-14,17H,1-3H3,(H,25,29)(H,26,28). The molecule has 0 saturated heterocycles. The number of carbonyl (C=O) groups excluding carboxylic acids is 2. The largest absolute Gasteiger partial charge is 0.325 e. The van der Waals surface area contributed by atoms with Crippen molar-refractivity contribution in [3.63, 3.8) is 0 Å². The Balaban J connectivity index is 1.60. The third kappa shape index (κ3) is 5.95. The van der Waals surface area contributed by atoms with Crippen LogP contribution in [0.4, 0.5) is 17.1 Å². The molecule has 0 saturated carbocycles. The summed E-state index contributed by atoms with van der Waals surface area (Å²) < 4.78 is 0.